The van der Waals surface area contributed by atoms with Crippen molar-refractivity contribution in [3.63, 3.8) is 0 Å². The standard InChI is InChI=1S/C22H23N3O3/c26-20(24-13-12-17-8-4-5-9-18(17)15-24)11-10-19-21(27)25(22(28)23-19)14-16-6-2-1-3-7-16/h1-9,19H,10-15H2,(H,23,28)/t19-/m0/s1. The van der Waals surface area contributed by atoms with Crippen LogP contribution in [0.1, 0.15) is 29.5 Å². The Labute approximate surface area is 164 Å². The number of urea groups is 1. The van der Waals surface area contributed by atoms with E-state index in [9.17, 15) is 14.4 Å². The topological polar surface area (TPSA) is 69.7 Å². The third kappa shape index (κ3) is 3.76. The molecule has 1 atom stereocenters. The van der Waals surface area contributed by atoms with Gasteiger partial charge in [0.2, 0.25) is 5.91 Å². The van der Waals surface area contributed by atoms with E-state index in [1.165, 1.54) is 16.0 Å². The normalized spacial score (nSPS) is 18.8. The number of imide groups is 1. The van der Waals surface area contributed by atoms with Crippen molar-refractivity contribution in [2.24, 2.45) is 0 Å². The predicted molar refractivity (Wildman–Crippen MR) is 104 cm³/mol. The Morgan fingerprint density at radius 1 is 1.00 bits per heavy atom. The highest BCUT2D eigenvalue weighted by Crippen LogP contribution is 2.20. The van der Waals surface area contributed by atoms with Crippen LogP contribution in [0.2, 0.25) is 0 Å². The van der Waals surface area contributed by atoms with E-state index in [1.807, 2.05) is 47.4 Å². The van der Waals surface area contributed by atoms with Crippen molar-refractivity contribution in [2.45, 2.75) is 38.4 Å². The van der Waals surface area contributed by atoms with E-state index in [1.54, 1.807) is 0 Å². The number of rotatable bonds is 5. The molecular weight excluding hydrogens is 354 g/mol. The summed E-state index contributed by atoms with van der Waals surface area (Å²) in [7, 11) is 0. The third-order valence-electron chi connectivity index (χ3n) is 5.42. The zero-order valence-corrected chi connectivity index (χ0v) is 15.6. The molecule has 28 heavy (non-hydrogen) atoms. The molecular formula is C22H23N3O3. The minimum absolute atomic E-state index is 0.0260. The van der Waals surface area contributed by atoms with Gasteiger partial charge in [0.1, 0.15) is 6.04 Å². The monoisotopic (exact) mass is 377 g/mol. The second-order valence-electron chi connectivity index (χ2n) is 7.28. The van der Waals surface area contributed by atoms with E-state index in [-0.39, 0.29) is 24.8 Å². The summed E-state index contributed by atoms with van der Waals surface area (Å²) in [6.45, 7) is 1.56. The average Bonchev–Trinajstić information content (AvgIpc) is 3.00. The lowest BCUT2D eigenvalue weighted by atomic mass is 9.99. The van der Waals surface area contributed by atoms with Crippen LogP contribution in [0.5, 0.6) is 0 Å². The molecule has 0 aliphatic carbocycles. The van der Waals surface area contributed by atoms with Crippen LogP contribution < -0.4 is 5.32 Å². The van der Waals surface area contributed by atoms with Crippen LogP contribution in [0.3, 0.4) is 0 Å². The first kappa shape index (κ1) is 18.2. The summed E-state index contributed by atoms with van der Waals surface area (Å²) >= 11 is 0. The maximum absolute atomic E-state index is 12.6. The van der Waals surface area contributed by atoms with Gasteiger partial charge in [0, 0.05) is 19.5 Å². The van der Waals surface area contributed by atoms with E-state index in [2.05, 4.69) is 17.4 Å². The van der Waals surface area contributed by atoms with E-state index in [0.29, 0.717) is 19.5 Å². The van der Waals surface area contributed by atoms with Gasteiger partial charge in [-0.2, -0.15) is 0 Å². The lowest BCUT2D eigenvalue weighted by Crippen LogP contribution is -2.37. The van der Waals surface area contributed by atoms with Crippen molar-refractivity contribution in [2.75, 3.05) is 6.54 Å². The van der Waals surface area contributed by atoms with Gasteiger partial charge in [0.15, 0.2) is 0 Å². The van der Waals surface area contributed by atoms with Crippen molar-refractivity contribution in [1.82, 2.24) is 15.1 Å². The minimum atomic E-state index is -0.628. The van der Waals surface area contributed by atoms with Gasteiger partial charge in [-0.3, -0.25) is 14.5 Å². The van der Waals surface area contributed by atoms with Crippen LogP contribution in [0.15, 0.2) is 54.6 Å². The summed E-state index contributed by atoms with van der Waals surface area (Å²) in [5, 5.41) is 2.71. The molecule has 2 aromatic rings. The Kier molecular flexibility index (Phi) is 5.10. The van der Waals surface area contributed by atoms with E-state index >= 15 is 0 Å². The van der Waals surface area contributed by atoms with Crippen LogP contribution in [0.4, 0.5) is 4.79 Å². The van der Waals surface area contributed by atoms with Gasteiger partial charge in [-0.15, -0.1) is 0 Å². The van der Waals surface area contributed by atoms with Crippen LogP contribution in [0.25, 0.3) is 0 Å². The quantitative estimate of drug-likeness (QED) is 0.814. The van der Waals surface area contributed by atoms with E-state index < -0.39 is 12.1 Å². The predicted octanol–water partition coefficient (Wildman–Crippen LogP) is 2.47. The van der Waals surface area contributed by atoms with Crippen LogP contribution in [-0.4, -0.2) is 40.2 Å². The van der Waals surface area contributed by atoms with Gasteiger partial charge < -0.3 is 10.2 Å². The molecule has 2 aliphatic heterocycles. The molecule has 144 valence electrons. The van der Waals surface area contributed by atoms with Crippen LogP contribution >= 0.6 is 0 Å². The van der Waals surface area contributed by atoms with Crippen molar-refractivity contribution < 1.29 is 14.4 Å². The highest BCUT2D eigenvalue weighted by atomic mass is 16.2. The Balaban J connectivity index is 1.32. The fraction of sp³-hybridized carbons (Fsp3) is 0.318. The maximum Gasteiger partial charge on any atom is 0.325 e. The summed E-state index contributed by atoms with van der Waals surface area (Å²) in [6, 6.07) is 16.5. The third-order valence-corrected chi connectivity index (χ3v) is 5.42. The van der Waals surface area contributed by atoms with Crippen molar-refractivity contribution in [3.05, 3.63) is 71.3 Å². The van der Waals surface area contributed by atoms with E-state index in [0.717, 1.165) is 12.0 Å². The number of carbonyl (C=O) groups excluding carboxylic acids is 3. The number of hydrogen-bond acceptors (Lipinski definition) is 3. The highest BCUT2D eigenvalue weighted by Gasteiger charge is 2.38. The first-order valence-corrected chi connectivity index (χ1v) is 9.62. The van der Waals surface area contributed by atoms with Gasteiger partial charge in [0.25, 0.3) is 5.91 Å². The Morgan fingerprint density at radius 3 is 2.50 bits per heavy atom. The van der Waals surface area contributed by atoms with Crippen LogP contribution in [-0.2, 0) is 29.1 Å². The fourth-order valence-electron chi connectivity index (χ4n) is 3.82. The number of fused-ring (bicyclic) bond motifs is 1. The summed E-state index contributed by atoms with van der Waals surface area (Å²) in [4.78, 5) is 40.4. The minimum Gasteiger partial charge on any atom is -0.338 e. The highest BCUT2D eigenvalue weighted by molar-refractivity contribution is 6.04. The molecule has 4 amide bonds. The molecule has 2 aromatic carbocycles. The molecule has 0 spiro atoms. The molecule has 0 saturated carbocycles. The second-order valence-corrected chi connectivity index (χ2v) is 7.28. The van der Waals surface area contributed by atoms with Gasteiger partial charge in [0.05, 0.1) is 6.54 Å². The van der Waals surface area contributed by atoms with Gasteiger partial charge in [-0.1, -0.05) is 54.6 Å². The summed E-state index contributed by atoms with van der Waals surface area (Å²) in [5.41, 5.74) is 3.37. The first-order chi connectivity index (χ1) is 13.6. The lowest BCUT2D eigenvalue weighted by molar-refractivity contribution is -0.132. The molecule has 0 bridgehead atoms. The molecule has 1 saturated heterocycles. The number of nitrogens with one attached hydrogen (secondary N) is 1. The number of nitrogens with zero attached hydrogens (tertiary/aromatic N) is 2. The molecule has 1 fully saturated rings. The molecule has 0 aromatic heterocycles. The molecule has 2 heterocycles. The van der Waals surface area contributed by atoms with Gasteiger partial charge >= 0.3 is 6.03 Å². The number of benzene rings is 2. The molecule has 0 radical (unpaired) electrons. The van der Waals surface area contributed by atoms with Gasteiger partial charge in [-0.25, -0.2) is 4.79 Å². The first-order valence-electron chi connectivity index (χ1n) is 9.62. The molecule has 0 unspecified atom stereocenters. The number of hydrogen-bond donors (Lipinski definition) is 1. The smallest absolute Gasteiger partial charge is 0.325 e. The maximum atomic E-state index is 12.6. The fourth-order valence-corrected chi connectivity index (χ4v) is 3.82. The number of carbonyl (C=O) groups is 3. The molecule has 2 aliphatic rings. The zero-order valence-electron chi connectivity index (χ0n) is 15.6. The van der Waals surface area contributed by atoms with Crippen molar-refractivity contribution in [1.29, 1.82) is 0 Å². The molecule has 6 heteroatoms. The summed E-state index contributed by atoms with van der Waals surface area (Å²) in [5.74, 6) is -0.233. The number of amides is 4. The zero-order chi connectivity index (χ0) is 19.5. The van der Waals surface area contributed by atoms with E-state index in [4.69, 9.17) is 0 Å². The molecule has 4 rings (SSSR count). The average molecular weight is 377 g/mol. The largest absolute Gasteiger partial charge is 0.338 e. The summed E-state index contributed by atoms with van der Waals surface area (Å²) < 4.78 is 0. The molecule has 6 nitrogen and oxygen atoms in total. The van der Waals surface area contributed by atoms with Crippen LogP contribution in [0, 0.1) is 0 Å². The Morgan fingerprint density at radius 2 is 1.71 bits per heavy atom. The lowest BCUT2D eigenvalue weighted by Gasteiger charge is -2.29. The van der Waals surface area contributed by atoms with Gasteiger partial charge in [-0.05, 0) is 29.5 Å². The Bertz CT molecular complexity index is 897. The van der Waals surface area contributed by atoms with Crippen molar-refractivity contribution >= 4 is 17.8 Å². The second kappa shape index (κ2) is 7.84. The molecule has 1 N–H and O–H groups in total. The summed E-state index contributed by atoms with van der Waals surface area (Å²) in [6.07, 6.45) is 1.43. The SMILES string of the molecule is O=C(CC[C@@H]1NC(=O)N(Cc2ccccc2)C1=O)N1CCc2ccccc2C1. The van der Waals surface area contributed by atoms with Crippen molar-refractivity contribution in [3.8, 4) is 0 Å². The Hall–Kier alpha value is -3.15.